The number of hydrogen-bond donors (Lipinski definition) is 1. The summed E-state index contributed by atoms with van der Waals surface area (Å²) < 4.78 is 0. The molecule has 1 aromatic carbocycles. The number of amides is 1. The molecule has 1 N–H and O–H groups in total. The number of benzene rings is 1. The van der Waals surface area contributed by atoms with Crippen LogP contribution in [0.2, 0.25) is 0 Å². The van der Waals surface area contributed by atoms with Gasteiger partial charge in [0.2, 0.25) is 5.91 Å². The van der Waals surface area contributed by atoms with Gasteiger partial charge in [-0.2, -0.15) is 5.26 Å². The van der Waals surface area contributed by atoms with E-state index in [0.29, 0.717) is 17.8 Å². The van der Waals surface area contributed by atoms with Crippen molar-refractivity contribution < 1.29 is 4.79 Å². The fraction of sp³-hybridized carbons (Fsp3) is 0.613. The van der Waals surface area contributed by atoms with Crippen LogP contribution in [0.5, 0.6) is 0 Å². The molecule has 1 aromatic rings. The summed E-state index contributed by atoms with van der Waals surface area (Å²) >= 11 is 0. The molecular formula is C31H40N2O. The summed E-state index contributed by atoms with van der Waals surface area (Å²) in [7, 11) is 0. The van der Waals surface area contributed by atoms with Crippen molar-refractivity contribution in [3.63, 3.8) is 0 Å². The Balaban J connectivity index is 1.33. The molecule has 34 heavy (non-hydrogen) atoms. The first-order valence-electron chi connectivity index (χ1n) is 13.3. The van der Waals surface area contributed by atoms with Crippen molar-refractivity contribution in [1.82, 2.24) is 5.32 Å². The van der Waals surface area contributed by atoms with Gasteiger partial charge in [0, 0.05) is 17.0 Å². The SMILES string of the molecule is CC(C)(Cc1ccccc1)NC(=O)[C@H]1CC[C@H]2[C@@H]3CC=C4C=C(C#N)CC[C@]4(C)[C@H]3CC[C@]12C. The average molecular weight is 457 g/mol. The zero-order valence-electron chi connectivity index (χ0n) is 21.4. The van der Waals surface area contributed by atoms with Crippen LogP contribution in [-0.2, 0) is 11.2 Å². The van der Waals surface area contributed by atoms with Gasteiger partial charge in [0.25, 0.3) is 0 Å². The van der Waals surface area contributed by atoms with Crippen LogP contribution < -0.4 is 5.32 Å². The molecule has 5 rings (SSSR count). The van der Waals surface area contributed by atoms with Gasteiger partial charge in [-0.05, 0) is 111 Å². The lowest BCUT2D eigenvalue weighted by Crippen LogP contribution is -2.53. The van der Waals surface area contributed by atoms with Crippen molar-refractivity contribution in [3.8, 4) is 6.07 Å². The molecule has 0 aliphatic heterocycles. The molecule has 0 unspecified atom stereocenters. The number of nitriles is 1. The molecule has 180 valence electrons. The van der Waals surface area contributed by atoms with Gasteiger partial charge in [0.05, 0.1) is 6.07 Å². The number of allylic oxidation sites excluding steroid dienone is 4. The molecule has 0 spiro atoms. The van der Waals surface area contributed by atoms with Crippen molar-refractivity contribution in [1.29, 1.82) is 5.26 Å². The van der Waals surface area contributed by atoms with E-state index in [0.717, 1.165) is 44.1 Å². The second-order valence-electron chi connectivity index (χ2n) is 12.7. The molecule has 4 aliphatic carbocycles. The fourth-order valence-electron chi connectivity index (χ4n) is 8.42. The number of rotatable bonds is 4. The molecule has 4 aliphatic rings. The van der Waals surface area contributed by atoms with Crippen LogP contribution in [0, 0.1) is 45.8 Å². The molecule has 0 saturated heterocycles. The van der Waals surface area contributed by atoms with Crippen molar-refractivity contribution in [2.45, 2.75) is 84.6 Å². The Hall–Kier alpha value is -2.34. The van der Waals surface area contributed by atoms with E-state index in [1.54, 1.807) is 0 Å². The third-order valence-electron chi connectivity index (χ3n) is 10.2. The summed E-state index contributed by atoms with van der Waals surface area (Å²) in [5.74, 6) is 2.35. The predicted molar refractivity (Wildman–Crippen MR) is 137 cm³/mol. The number of nitrogens with zero attached hydrogens (tertiary/aromatic N) is 1. The monoisotopic (exact) mass is 456 g/mol. The third-order valence-corrected chi connectivity index (χ3v) is 10.2. The molecule has 1 amide bonds. The summed E-state index contributed by atoms with van der Waals surface area (Å²) in [6.45, 7) is 9.19. The Morgan fingerprint density at radius 3 is 2.62 bits per heavy atom. The highest BCUT2D eigenvalue weighted by atomic mass is 16.2. The average Bonchev–Trinajstić information content (AvgIpc) is 3.16. The van der Waals surface area contributed by atoms with Gasteiger partial charge in [0.15, 0.2) is 0 Å². The lowest BCUT2D eigenvalue weighted by molar-refractivity contribution is -0.133. The predicted octanol–water partition coefficient (Wildman–Crippen LogP) is 6.76. The van der Waals surface area contributed by atoms with Crippen LogP contribution in [0.3, 0.4) is 0 Å². The van der Waals surface area contributed by atoms with Gasteiger partial charge in [-0.3, -0.25) is 4.79 Å². The van der Waals surface area contributed by atoms with Crippen molar-refractivity contribution in [3.05, 3.63) is 59.2 Å². The summed E-state index contributed by atoms with van der Waals surface area (Å²) in [6.07, 6.45) is 13.1. The highest BCUT2D eigenvalue weighted by molar-refractivity contribution is 5.80. The van der Waals surface area contributed by atoms with E-state index in [4.69, 9.17) is 0 Å². The number of hydrogen-bond acceptors (Lipinski definition) is 2. The normalized spacial score (nSPS) is 36.8. The molecular weight excluding hydrogens is 416 g/mol. The van der Waals surface area contributed by atoms with Crippen LogP contribution in [0.15, 0.2) is 53.6 Å². The summed E-state index contributed by atoms with van der Waals surface area (Å²) in [5, 5.41) is 12.9. The molecule has 0 aromatic heterocycles. The first kappa shape index (κ1) is 23.4. The molecule has 0 radical (unpaired) electrons. The largest absolute Gasteiger partial charge is 0.351 e. The second-order valence-corrected chi connectivity index (χ2v) is 12.7. The fourth-order valence-corrected chi connectivity index (χ4v) is 8.42. The minimum Gasteiger partial charge on any atom is -0.351 e. The topological polar surface area (TPSA) is 52.9 Å². The minimum atomic E-state index is -0.257. The van der Waals surface area contributed by atoms with Crippen molar-refractivity contribution in [2.75, 3.05) is 0 Å². The van der Waals surface area contributed by atoms with E-state index in [9.17, 15) is 10.1 Å². The van der Waals surface area contributed by atoms with Crippen LogP contribution >= 0.6 is 0 Å². The lowest BCUT2D eigenvalue weighted by atomic mass is 9.48. The van der Waals surface area contributed by atoms with Gasteiger partial charge >= 0.3 is 0 Å². The number of carbonyl (C=O) groups excluding carboxylic acids is 1. The Morgan fingerprint density at radius 2 is 1.88 bits per heavy atom. The molecule has 6 atom stereocenters. The van der Waals surface area contributed by atoms with E-state index < -0.39 is 0 Å². The minimum absolute atomic E-state index is 0.0953. The Bertz CT molecular complexity index is 1060. The van der Waals surface area contributed by atoms with E-state index in [1.165, 1.54) is 24.0 Å². The van der Waals surface area contributed by atoms with Crippen LogP contribution in [0.1, 0.15) is 78.2 Å². The third kappa shape index (κ3) is 3.84. The quantitative estimate of drug-likeness (QED) is 0.544. The lowest BCUT2D eigenvalue weighted by Gasteiger charge is -2.57. The number of carbonyl (C=O) groups is 1. The van der Waals surface area contributed by atoms with Crippen LogP contribution in [0.4, 0.5) is 0 Å². The maximum atomic E-state index is 13.7. The van der Waals surface area contributed by atoms with E-state index in [1.807, 2.05) is 6.07 Å². The maximum Gasteiger partial charge on any atom is 0.224 e. The maximum absolute atomic E-state index is 13.7. The zero-order chi connectivity index (χ0) is 24.1. The van der Waals surface area contributed by atoms with Gasteiger partial charge < -0.3 is 5.32 Å². The Morgan fingerprint density at radius 1 is 1.12 bits per heavy atom. The summed E-state index contributed by atoms with van der Waals surface area (Å²) in [4.78, 5) is 13.7. The summed E-state index contributed by atoms with van der Waals surface area (Å²) in [5.41, 5.74) is 3.66. The molecule has 0 bridgehead atoms. The van der Waals surface area contributed by atoms with Gasteiger partial charge in [-0.1, -0.05) is 50.3 Å². The smallest absolute Gasteiger partial charge is 0.224 e. The van der Waals surface area contributed by atoms with Crippen LogP contribution in [-0.4, -0.2) is 11.4 Å². The standard InChI is InChI=1S/C31H40N2O/c1-29(2,19-21-8-6-5-7-9-21)33-28(34)27-13-12-25-24-11-10-23-18-22(20-32)14-16-30(23,3)26(24)15-17-31(25,27)4/h5-10,18,24-27H,11-17,19H2,1-4H3,(H,33,34)/t24-,25-,26-,27+,30-,31-/m0/s1. The van der Waals surface area contributed by atoms with Crippen molar-refractivity contribution in [2.24, 2.45) is 34.5 Å². The van der Waals surface area contributed by atoms with Gasteiger partial charge in [-0.15, -0.1) is 0 Å². The van der Waals surface area contributed by atoms with Gasteiger partial charge in [-0.25, -0.2) is 0 Å². The first-order valence-corrected chi connectivity index (χ1v) is 13.3. The van der Waals surface area contributed by atoms with Gasteiger partial charge in [0.1, 0.15) is 0 Å². The van der Waals surface area contributed by atoms with Crippen LogP contribution in [0.25, 0.3) is 0 Å². The van der Waals surface area contributed by atoms with Crippen molar-refractivity contribution >= 4 is 5.91 Å². The highest BCUT2D eigenvalue weighted by Crippen LogP contribution is 2.66. The molecule has 3 nitrogen and oxygen atoms in total. The number of nitrogens with one attached hydrogen (secondary N) is 1. The van der Waals surface area contributed by atoms with E-state index in [-0.39, 0.29) is 28.2 Å². The van der Waals surface area contributed by atoms with E-state index >= 15 is 0 Å². The highest BCUT2D eigenvalue weighted by Gasteiger charge is 2.59. The first-order chi connectivity index (χ1) is 16.2. The second kappa shape index (κ2) is 8.40. The molecule has 0 heterocycles. The molecule has 3 heteroatoms. The summed E-state index contributed by atoms with van der Waals surface area (Å²) in [6, 6.07) is 12.9. The Labute approximate surface area is 205 Å². The number of fused-ring (bicyclic) bond motifs is 5. The Kier molecular flexibility index (Phi) is 5.78. The van der Waals surface area contributed by atoms with E-state index in [2.05, 4.69) is 75.5 Å². The molecule has 2 fully saturated rings. The zero-order valence-corrected chi connectivity index (χ0v) is 21.4. The molecule has 2 saturated carbocycles.